The van der Waals surface area contributed by atoms with Gasteiger partial charge in [0.15, 0.2) is 0 Å². The molecule has 0 aliphatic carbocycles. The van der Waals surface area contributed by atoms with Crippen molar-refractivity contribution in [3.05, 3.63) is 66.2 Å². The van der Waals surface area contributed by atoms with Crippen LogP contribution in [-0.2, 0) is 19.1 Å². The van der Waals surface area contributed by atoms with Crippen LogP contribution in [0.3, 0.4) is 0 Å². The number of para-hydroxylation sites is 1. The molecular weight excluding hydrogens is 510 g/mol. The Bertz CT molecular complexity index is 1420. The summed E-state index contributed by atoms with van der Waals surface area (Å²) < 4.78 is 80.9. The number of carboxylic acids is 2. The third-order valence-electron chi connectivity index (χ3n) is 4.68. The number of benzene rings is 2. The number of piperazine rings is 1. The second kappa shape index (κ2) is 15.9. The van der Waals surface area contributed by atoms with Gasteiger partial charge in [0.25, 0.3) is 0 Å². The van der Waals surface area contributed by atoms with E-state index < -0.39 is 44.5 Å². The summed E-state index contributed by atoms with van der Waals surface area (Å²) in [6.45, 7) is -12.5. The van der Waals surface area contributed by atoms with Crippen LogP contribution in [0.15, 0.2) is 75.5 Å². The van der Waals surface area contributed by atoms with Crippen LogP contribution in [0.25, 0.3) is 0 Å². The number of hydrogen-bond acceptors (Lipinski definition) is 9. The third-order valence-corrected chi connectivity index (χ3v) is 5.82. The highest BCUT2D eigenvalue weighted by Gasteiger charge is 2.25. The van der Waals surface area contributed by atoms with Crippen molar-refractivity contribution < 1.29 is 45.3 Å². The van der Waals surface area contributed by atoms with Crippen molar-refractivity contribution >= 4 is 35.2 Å². The van der Waals surface area contributed by atoms with Gasteiger partial charge in [-0.05, 0) is 18.2 Å². The number of fused-ring (bicyclic) bond motifs is 2. The van der Waals surface area contributed by atoms with Crippen molar-refractivity contribution in [1.82, 2.24) is 9.80 Å². The molecule has 2 aliphatic rings. The number of carbonyl (C=O) groups is 2. The highest BCUT2D eigenvalue weighted by Crippen LogP contribution is 2.40. The molecule has 0 atom stereocenters. The number of ether oxygens (including phenoxy) is 2. The molecule has 11 heteroatoms. The summed E-state index contributed by atoms with van der Waals surface area (Å²) in [5, 5.41) is 24.4. The lowest BCUT2D eigenvalue weighted by Crippen LogP contribution is -2.49. The average molecular weight is 552 g/mol. The van der Waals surface area contributed by atoms with Crippen LogP contribution < -0.4 is 0 Å². The van der Waals surface area contributed by atoms with Crippen LogP contribution in [0.5, 0.6) is 0 Å². The summed E-state index contributed by atoms with van der Waals surface area (Å²) in [4.78, 5) is 26.2. The van der Waals surface area contributed by atoms with Crippen molar-refractivity contribution in [2.45, 2.75) is 9.79 Å². The first-order chi connectivity index (χ1) is 21.5. The number of amidine groups is 1. The molecule has 1 fully saturated rings. The summed E-state index contributed by atoms with van der Waals surface area (Å²) in [5.74, 6) is -2.71. The molecule has 2 aromatic carbocycles. The molecule has 0 spiro atoms. The molecule has 10 nitrogen and oxygen atoms in total. The minimum absolute atomic E-state index is 0.0937. The van der Waals surface area contributed by atoms with Crippen molar-refractivity contribution in [3.63, 3.8) is 0 Å². The van der Waals surface area contributed by atoms with E-state index in [1.807, 2.05) is 12.1 Å². The van der Waals surface area contributed by atoms with Crippen LogP contribution in [0.1, 0.15) is 16.5 Å². The van der Waals surface area contributed by atoms with E-state index in [0.29, 0.717) is 38.1 Å². The molecule has 0 unspecified atom stereocenters. The Hall–Kier alpha value is -3.22. The predicted molar refractivity (Wildman–Crippen MR) is 144 cm³/mol. The number of aliphatic carboxylic acids is 2. The third kappa shape index (κ3) is 9.58. The zero-order chi connectivity index (χ0) is 34.3. The summed E-state index contributed by atoms with van der Waals surface area (Å²) in [6, 6.07) is 14.0. The van der Waals surface area contributed by atoms with E-state index in [4.69, 9.17) is 35.8 Å². The Kier molecular flexibility index (Phi) is 8.28. The van der Waals surface area contributed by atoms with Gasteiger partial charge < -0.3 is 29.7 Å². The first-order valence-corrected chi connectivity index (χ1v) is 12.2. The zero-order valence-corrected chi connectivity index (χ0v) is 21.1. The molecule has 2 heterocycles. The standard InChI is InChI=1S/C23H29N3O3S.C4H4O4/c27-14-16-29-18-17-28-15-13-25-9-11-26(12-10-25)23-19-5-1-3-7-21(19)30-22-8-4-2-6-20(22)24-23;5-3(6)1-2-4(7)8/h1-8,27H,9-18H2;1-2H,(H,5,6)(H,7,8)/b;2-1+/i9D2,10D2,11D2,12D2;. The maximum Gasteiger partial charge on any atom is 0.328 e. The van der Waals surface area contributed by atoms with Gasteiger partial charge in [-0.25, -0.2) is 14.6 Å². The molecule has 0 saturated carbocycles. The average Bonchev–Trinajstić information content (AvgIpc) is 3.13. The second-order valence-corrected chi connectivity index (χ2v) is 8.48. The van der Waals surface area contributed by atoms with Gasteiger partial charge in [-0.2, -0.15) is 0 Å². The number of aliphatic hydroxyl groups excluding tert-OH is 1. The Morgan fingerprint density at radius 2 is 1.50 bits per heavy atom. The van der Waals surface area contributed by atoms with Gasteiger partial charge in [-0.1, -0.05) is 42.1 Å². The monoisotopic (exact) mass is 551 g/mol. The predicted octanol–water partition coefficient (Wildman–Crippen LogP) is 2.58. The van der Waals surface area contributed by atoms with E-state index in [-0.39, 0.29) is 38.9 Å². The van der Waals surface area contributed by atoms with E-state index >= 15 is 0 Å². The van der Waals surface area contributed by atoms with E-state index in [0.717, 1.165) is 4.90 Å². The Balaban J connectivity index is 0.000000637. The van der Waals surface area contributed by atoms with Gasteiger partial charge >= 0.3 is 11.9 Å². The molecule has 2 aliphatic heterocycles. The molecule has 204 valence electrons. The lowest BCUT2D eigenvalue weighted by atomic mass is 10.1. The highest BCUT2D eigenvalue weighted by atomic mass is 32.2. The van der Waals surface area contributed by atoms with Crippen molar-refractivity contribution in [2.75, 3.05) is 65.6 Å². The molecule has 0 radical (unpaired) electrons. The summed E-state index contributed by atoms with van der Waals surface area (Å²) in [6.07, 6.45) is 1.12. The van der Waals surface area contributed by atoms with Gasteiger partial charge in [0.2, 0.25) is 0 Å². The molecular formula is C27H33N3O7S. The fourth-order valence-electron chi connectivity index (χ4n) is 3.02. The number of aliphatic hydroxyl groups is 1. The molecule has 3 N–H and O–H groups in total. The van der Waals surface area contributed by atoms with Crippen molar-refractivity contribution in [3.8, 4) is 0 Å². The van der Waals surface area contributed by atoms with Gasteiger partial charge in [0, 0.05) is 65.5 Å². The van der Waals surface area contributed by atoms with Crippen LogP contribution in [-0.4, -0.2) is 108 Å². The van der Waals surface area contributed by atoms with E-state index in [9.17, 15) is 9.59 Å². The topological polar surface area (TPSA) is 132 Å². The largest absolute Gasteiger partial charge is 0.478 e. The van der Waals surface area contributed by atoms with Crippen LogP contribution in [0, 0.1) is 0 Å². The highest BCUT2D eigenvalue weighted by molar-refractivity contribution is 7.99. The lowest BCUT2D eigenvalue weighted by molar-refractivity contribution is -0.134. The lowest BCUT2D eigenvalue weighted by Gasteiger charge is -2.36. The van der Waals surface area contributed by atoms with Crippen molar-refractivity contribution in [1.29, 1.82) is 0 Å². The molecule has 0 aromatic heterocycles. The number of aliphatic imine (C=N–C) groups is 1. The molecule has 1 saturated heterocycles. The van der Waals surface area contributed by atoms with Gasteiger partial charge in [-0.3, -0.25) is 4.90 Å². The summed E-state index contributed by atoms with van der Waals surface area (Å²) >= 11 is 1.37. The maximum absolute atomic E-state index is 9.55. The zero-order valence-electron chi connectivity index (χ0n) is 28.2. The number of hydrogen-bond donors (Lipinski definition) is 3. The normalized spacial score (nSPS) is 23.5. The number of carboxylic acid groups (broad SMARTS) is 2. The number of rotatable bonds is 10. The molecule has 4 rings (SSSR count). The second-order valence-electron chi connectivity index (χ2n) is 7.39. The van der Waals surface area contributed by atoms with E-state index in [2.05, 4.69) is 4.99 Å². The van der Waals surface area contributed by atoms with Crippen LogP contribution in [0.4, 0.5) is 5.69 Å². The Labute approximate surface area is 237 Å². The van der Waals surface area contributed by atoms with Crippen LogP contribution >= 0.6 is 11.8 Å². The van der Waals surface area contributed by atoms with E-state index in [1.54, 1.807) is 36.4 Å². The van der Waals surface area contributed by atoms with Gasteiger partial charge in [0.05, 0.1) is 44.2 Å². The van der Waals surface area contributed by atoms with E-state index in [1.165, 1.54) is 11.8 Å². The first kappa shape index (κ1) is 19.8. The van der Waals surface area contributed by atoms with Crippen molar-refractivity contribution in [2.24, 2.45) is 4.99 Å². The fourth-order valence-corrected chi connectivity index (χ4v) is 4.04. The Morgan fingerprint density at radius 1 is 0.895 bits per heavy atom. The summed E-state index contributed by atoms with van der Waals surface area (Å²) in [5.41, 5.74) is 0.809. The van der Waals surface area contributed by atoms with Gasteiger partial charge in [-0.15, -0.1) is 0 Å². The fraction of sp³-hybridized carbons (Fsp3) is 0.370. The van der Waals surface area contributed by atoms with Crippen LogP contribution in [0.2, 0.25) is 0 Å². The molecule has 0 amide bonds. The quantitative estimate of drug-likeness (QED) is 0.299. The first-order valence-electron chi connectivity index (χ1n) is 15.4. The molecule has 0 bridgehead atoms. The number of nitrogens with zero attached hydrogens (tertiary/aromatic N) is 3. The molecule has 2 aromatic rings. The van der Waals surface area contributed by atoms with Gasteiger partial charge in [0.1, 0.15) is 5.84 Å². The minimum atomic E-state index is -3.05. The molecule has 38 heavy (non-hydrogen) atoms. The maximum atomic E-state index is 9.55. The SMILES string of the molecule is O=C(O)/C=C/C(=O)O.[2H]C1([2H])N(CCOCCOCCO)C([2H])([2H])C([2H])([2H])N(C2=Nc3ccccc3Sc3ccccc32)C1([2H])[2H]. The Morgan fingerprint density at radius 3 is 2.16 bits per heavy atom. The smallest absolute Gasteiger partial charge is 0.328 e. The summed E-state index contributed by atoms with van der Waals surface area (Å²) in [7, 11) is 0. The minimum Gasteiger partial charge on any atom is -0.478 e.